The average Bonchev–Trinajstić information content (AvgIpc) is 2.96. The molecule has 2 fully saturated rings. The number of H-pyrrole nitrogens is 1. The molecule has 4 rings (SSSR count). The van der Waals surface area contributed by atoms with Gasteiger partial charge in [0.1, 0.15) is 5.82 Å². The predicted octanol–water partition coefficient (Wildman–Crippen LogP) is 3.34. The summed E-state index contributed by atoms with van der Waals surface area (Å²) in [5, 5.41) is 0. The highest BCUT2D eigenvalue weighted by Gasteiger charge is 2.31. The summed E-state index contributed by atoms with van der Waals surface area (Å²) in [6.07, 6.45) is 3.71. The normalized spacial score (nSPS) is 20.8. The number of carbonyl (C=O) groups excluding carboxylic acids is 1. The largest absolute Gasteiger partial charge is 0.342 e. The Balaban J connectivity index is 1.45. The van der Waals surface area contributed by atoms with E-state index in [1.54, 1.807) is 6.07 Å². The molecule has 1 N–H and O–H groups in total. The summed E-state index contributed by atoms with van der Waals surface area (Å²) in [6, 6.07) is 5.00. The zero-order chi connectivity index (χ0) is 18.3. The van der Waals surface area contributed by atoms with Gasteiger partial charge in [-0.15, -0.1) is 0 Å². The molecule has 1 amide bonds. The van der Waals surface area contributed by atoms with Gasteiger partial charge in [0.2, 0.25) is 5.91 Å². The number of amides is 1. The molecular weight excluding hydrogens is 351 g/mol. The zero-order valence-electron chi connectivity index (χ0n) is 15.1. The lowest BCUT2D eigenvalue weighted by Gasteiger charge is -2.37. The first-order valence-electron chi connectivity index (χ1n) is 9.40. The van der Waals surface area contributed by atoms with E-state index in [1.165, 1.54) is 12.1 Å². The van der Waals surface area contributed by atoms with E-state index in [0.717, 1.165) is 62.9 Å². The number of benzene rings is 1. The summed E-state index contributed by atoms with van der Waals surface area (Å²) in [5.74, 6) is 0.238. The maximum Gasteiger partial charge on any atom is 0.225 e. The molecule has 2 saturated heterocycles. The molecule has 2 aliphatic rings. The van der Waals surface area contributed by atoms with E-state index in [9.17, 15) is 9.18 Å². The van der Waals surface area contributed by atoms with Crippen LogP contribution in [0.2, 0.25) is 0 Å². The van der Waals surface area contributed by atoms with Crippen LogP contribution in [0.15, 0.2) is 18.2 Å². The number of fused-ring (bicyclic) bond motifs is 1. The Labute approximate surface area is 157 Å². The average molecular weight is 377 g/mol. The smallest absolute Gasteiger partial charge is 0.225 e. The van der Waals surface area contributed by atoms with E-state index in [0.29, 0.717) is 10.7 Å². The Hall–Kier alpha value is -1.73. The Kier molecular flexibility index (Phi) is 4.84. The molecule has 3 heterocycles. The molecule has 0 aliphatic carbocycles. The van der Waals surface area contributed by atoms with E-state index in [4.69, 9.17) is 12.2 Å². The molecule has 0 atom stereocenters. The maximum atomic E-state index is 13.5. The molecule has 5 nitrogen and oxygen atoms in total. The molecule has 1 aromatic carbocycles. The fourth-order valence-electron chi connectivity index (χ4n) is 4.32. The van der Waals surface area contributed by atoms with Gasteiger partial charge in [0, 0.05) is 25.0 Å². The van der Waals surface area contributed by atoms with Crippen molar-refractivity contribution in [2.24, 2.45) is 5.92 Å². The Morgan fingerprint density at radius 3 is 2.54 bits per heavy atom. The van der Waals surface area contributed by atoms with E-state index in [1.807, 2.05) is 4.90 Å². The van der Waals surface area contributed by atoms with Crippen molar-refractivity contribution >= 4 is 29.2 Å². The third kappa shape index (κ3) is 3.30. The number of carbonyl (C=O) groups is 1. The second-order valence-electron chi connectivity index (χ2n) is 7.60. The number of halogens is 1. The van der Waals surface area contributed by atoms with Crippen LogP contribution in [0.3, 0.4) is 0 Å². The number of aromatic amines is 1. The first-order chi connectivity index (χ1) is 12.5. The number of aromatic nitrogens is 2. The van der Waals surface area contributed by atoms with E-state index < -0.39 is 0 Å². The molecule has 0 bridgehead atoms. The molecule has 2 aliphatic heterocycles. The van der Waals surface area contributed by atoms with E-state index >= 15 is 0 Å². The summed E-state index contributed by atoms with van der Waals surface area (Å²) < 4.78 is 16.2. The van der Waals surface area contributed by atoms with Crippen LogP contribution in [0, 0.1) is 16.5 Å². The SMILES string of the molecule is CN1CCC(C(=O)N2CCC(n3c(=S)[nH]c4cc(F)ccc43)CC2)CC1. The second kappa shape index (κ2) is 7.12. The Morgan fingerprint density at radius 2 is 1.85 bits per heavy atom. The third-order valence-electron chi connectivity index (χ3n) is 5.89. The van der Waals surface area contributed by atoms with Gasteiger partial charge in [-0.05, 0) is 76.2 Å². The van der Waals surface area contributed by atoms with Crippen molar-refractivity contribution in [2.75, 3.05) is 33.2 Å². The van der Waals surface area contributed by atoms with Crippen molar-refractivity contribution in [2.45, 2.75) is 31.7 Å². The summed E-state index contributed by atoms with van der Waals surface area (Å²) in [6.45, 7) is 3.55. The molecule has 0 spiro atoms. The van der Waals surface area contributed by atoms with Crippen LogP contribution in [0.1, 0.15) is 31.7 Å². The summed E-state index contributed by atoms with van der Waals surface area (Å²) in [4.78, 5) is 20.2. The summed E-state index contributed by atoms with van der Waals surface area (Å²) in [7, 11) is 2.11. The quantitative estimate of drug-likeness (QED) is 0.818. The number of imidazole rings is 1. The molecule has 0 radical (unpaired) electrons. The monoisotopic (exact) mass is 376 g/mol. The van der Waals surface area contributed by atoms with Crippen molar-refractivity contribution in [3.8, 4) is 0 Å². The van der Waals surface area contributed by atoms with E-state index in [2.05, 4.69) is 21.5 Å². The van der Waals surface area contributed by atoms with Crippen LogP contribution in [-0.4, -0.2) is 58.5 Å². The lowest BCUT2D eigenvalue weighted by atomic mass is 9.94. The topological polar surface area (TPSA) is 44.3 Å². The Morgan fingerprint density at radius 1 is 1.15 bits per heavy atom. The minimum Gasteiger partial charge on any atom is -0.342 e. The molecule has 2 aromatic rings. The van der Waals surface area contributed by atoms with Gasteiger partial charge in [-0.2, -0.15) is 0 Å². The Bertz CT molecular complexity index is 860. The number of likely N-dealkylation sites (tertiary alicyclic amines) is 2. The number of hydrogen-bond donors (Lipinski definition) is 1. The molecule has 140 valence electrons. The van der Waals surface area contributed by atoms with Crippen LogP contribution in [-0.2, 0) is 4.79 Å². The highest BCUT2D eigenvalue weighted by Crippen LogP contribution is 2.29. The van der Waals surface area contributed by atoms with Crippen LogP contribution in [0.4, 0.5) is 4.39 Å². The maximum absolute atomic E-state index is 13.5. The molecule has 0 unspecified atom stereocenters. The van der Waals surface area contributed by atoms with Gasteiger partial charge in [0.25, 0.3) is 0 Å². The minimum absolute atomic E-state index is 0.181. The highest BCUT2D eigenvalue weighted by molar-refractivity contribution is 7.71. The van der Waals surface area contributed by atoms with Crippen LogP contribution in [0.25, 0.3) is 11.0 Å². The number of hydrogen-bond acceptors (Lipinski definition) is 3. The van der Waals surface area contributed by atoms with Crippen molar-refractivity contribution in [1.82, 2.24) is 19.4 Å². The first kappa shape index (κ1) is 17.7. The molecule has 26 heavy (non-hydrogen) atoms. The van der Waals surface area contributed by atoms with Crippen molar-refractivity contribution in [1.29, 1.82) is 0 Å². The van der Waals surface area contributed by atoms with Gasteiger partial charge >= 0.3 is 0 Å². The van der Waals surface area contributed by atoms with Gasteiger partial charge in [0.15, 0.2) is 4.77 Å². The standard InChI is InChI=1S/C19H25FN4OS/c1-22-8-4-13(5-9-22)18(25)23-10-6-15(7-11-23)24-17-3-2-14(20)12-16(17)21-19(24)26/h2-3,12-13,15H,4-11H2,1H3,(H,21,26). The number of nitrogens with zero attached hydrogens (tertiary/aromatic N) is 3. The fraction of sp³-hybridized carbons (Fsp3) is 0.579. The van der Waals surface area contributed by atoms with Gasteiger partial charge in [-0.3, -0.25) is 4.79 Å². The summed E-state index contributed by atoms with van der Waals surface area (Å²) >= 11 is 5.47. The van der Waals surface area contributed by atoms with Gasteiger partial charge in [-0.25, -0.2) is 4.39 Å². The molecule has 1 aromatic heterocycles. The van der Waals surface area contributed by atoms with E-state index in [-0.39, 0.29) is 17.8 Å². The lowest BCUT2D eigenvalue weighted by molar-refractivity contribution is -0.138. The first-order valence-corrected chi connectivity index (χ1v) is 9.81. The molecule has 0 saturated carbocycles. The van der Waals surface area contributed by atoms with Crippen LogP contribution >= 0.6 is 12.2 Å². The van der Waals surface area contributed by atoms with Crippen LogP contribution < -0.4 is 0 Å². The number of nitrogens with one attached hydrogen (secondary N) is 1. The third-order valence-corrected chi connectivity index (χ3v) is 6.19. The van der Waals surface area contributed by atoms with Crippen molar-refractivity contribution in [3.63, 3.8) is 0 Å². The number of piperidine rings is 2. The van der Waals surface area contributed by atoms with Crippen molar-refractivity contribution in [3.05, 3.63) is 28.8 Å². The van der Waals surface area contributed by atoms with Gasteiger partial charge in [-0.1, -0.05) is 0 Å². The van der Waals surface area contributed by atoms with Crippen LogP contribution in [0.5, 0.6) is 0 Å². The second-order valence-corrected chi connectivity index (χ2v) is 7.98. The molecular formula is C19H25FN4OS. The fourth-order valence-corrected chi connectivity index (χ4v) is 4.68. The minimum atomic E-state index is -0.264. The van der Waals surface area contributed by atoms with Gasteiger partial charge in [0.05, 0.1) is 11.0 Å². The summed E-state index contributed by atoms with van der Waals surface area (Å²) in [5.41, 5.74) is 1.68. The highest BCUT2D eigenvalue weighted by atomic mass is 32.1. The van der Waals surface area contributed by atoms with Gasteiger partial charge < -0.3 is 19.4 Å². The van der Waals surface area contributed by atoms with Crippen molar-refractivity contribution < 1.29 is 9.18 Å². The lowest BCUT2D eigenvalue weighted by Crippen LogP contribution is -2.45. The molecule has 7 heteroatoms. The zero-order valence-corrected chi connectivity index (χ0v) is 15.9. The number of rotatable bonds is 2. The predicted molar refractivity (Wildman–Crippen MR) is 102 cm³/mol.